The van der Waals surface area contributed by atoms with Crippen molar-refractivity contribution in [1.29, 1.82) is 0 Å². The Morgan fingerprint density at radius 2 is 2.25 bits per heavy atom. The number of carbonyl (C=O) groups is 1. The molecule has 0 aromatic rings. The number of hydrogen-bond donors (Lipinski definition) is 1. The minimum atomic E-state index is 0.176. The molecule has 0 radical (unpaired) electrons. The lowest BCUT2D eigenvalue weighted by molar-refractivity contribution is -0.114. The Bertz CT molecular complexity index is 112. The highest BCUT2D eigenvalue weighted by molar-refractivity contribution is 5.51. The molecule has 0 fully saturated rings. The average molecular weight is 112 g/mol. The van der Waals surface area contributed by atoms with Crippen LogP contribution in [0.3, 0.4) is 0 Å². The lowest BCUT2D eigenvalue weighted by Gasteiger charge is -2.07. The van der Waals surface area contributed by atoms with Gasteiger partial charge in [-0.15, -0.1) is 0 Å². The van der Waals surface area contributed by atoms with Crippen LogP contribution in [0.4, 0.5) is 0 Å². The summed E-state index contributed by atoms with van der Waals surface area (Å²) < 4.78 is 0. The molecule has 44 valence electrons. The molecule has 8 heavy (non-hydrogen) atoms. The van der Waals surface area contributed by atoms with Crippen LogP contribution in [-0.2, 0) is 4.79 Å². The molecule has 0 saturated carbocycles. The van der Waals surface area contributed by atoms with E-state index in [-0.39, 0.29) is 5.82 Å². The summed E-state index contributed by atoms with van der Waals surface area (Å²) in [6.45, 7) is 6.61. The lowest BCUT2D eigenvalue weighted by Crippen LogP contribution is -2.18. The van der Waals surface area contributed by atoms with Gasteiger partial charge >= 0.3 is 0 Å². The van der Waals surface area contributed by atoms with Gasteiger partial charge in [0, 0.05) is 6.20 Å². The fourth-order valence-corrected chi connectivity index (χ4v) is 0.228. The summed E-state index contributed by atoms with van der Waals surface area (Å²) in [5.41, 5.74) is 5.09. The van der Waals surface area contributed by atoms with Gasteiger partial charge in [0.2, 0.25) is 6.41 Å². The molecule has 0 unspecified atom stereocenters. The second-order valence-corrected chi connectivity index (χ2v) is 1.19. The zero-order valence-corrected chi connectivity index (χ0v) is 4.50. The number of carbonyl (C=O) groups excluding carboxylic acids is 1. The first-order valence-electron chi connectivity index (χ1n) is 2.03. The third-order valence-electron chi connectivity index (χ3n) is 0.642. The molecule has 1 amide bonds. The van der Waals surface area contributed by atoms with Crippen molar-refractivity contribution in [2.45, 2.75) is 0 Å². The van der Waals surface area contributed by atoms with Crippen LogP contribution < -0.4 is 5.73 Å². The molecule has 2 N–H and O–H groups in total. The van der Waals surface area contributed by atoms with Crippen molar-refractivity contribution >= 4 is 6.41 Å². The molecule has 0 spiro atoms. The Morgan fingerprint density at radius 3 is 2.25 bits per heavy atom. The van der Waals surface area contributed by atoms with Gasteiger partial charge in [0.1, 0.15) is 5.82 Å². The summed E-state index contributed by atoms with van der Waals surface area (Å²) in [6, 6.07) is 0. The maximum atomic E-state index is 9.89. The Kier molecular flexibility index (Phi) is 2.40. The smallest absolute Gasteiger partial charge is 0.219 e. The van der Waals surface area contributed by atoms with Crippen molar-refractivity contribution in [3.05, 3.63) is 25.2 Å². The van der Waals surface area contributed by atoms with E-state index in [1.807, 2.05) is 0 Å². The van der Waals surface area contributed by atoms with Crippen LogP contribution in [0.2, 0.25) is 0 Å². The van der Waals surface area contributed by atoms with Crippen molar-refractivity contribution in [3.8, 4) is 0 Å². The molecule has 0 aromatic heterocycles. The monoisotopic (exact) mass is 112 g/mol. The highest BCUT2D eigenvalue weighted by Crippen LogP contribution is 1.86. The lowest BCUT2D eigenvalue weighted by atomic mass is 10.7. The molecule has 0 aliphatic heterocycles. The van der Waals surface area contributed by atoms with Crippen LogP contribution in [0, 0.1) is 0 Å². The largest absolute Gasteiger partial charge is 0.385 e. The normalized spacial score (nSPS) is 7.50. The van der Waals surface area contributed by atoms with Gasteiger partial charge in [0.25, 0.3) is 0 Å². The van der Waals surface area contributed by atoms with E-state index in [2.05, 4.69) is 13.2 Å². The van der Waals surface area contributed by atoms with E-state index in [1.165, 1.54) is 6.20 Å². The summed E-state index contributed by atoms with van der Waals surface area (Å²) in [7, 11) is 0. The Morgan fingerprint density at radius 1 is 1.75 bits per heavy atom. The minimum absolute atomic E-state index is 0.176. The Balaban J connectivity index is 3.88. The van der Waals surface area contributed by atoms with Gasteiger partial charge in [-0.25, -0.2) is 0 Å². The van der Waals surface area contributed by atoms with Crippen LogP contribution in [0.1, 0.15) is 0 Å². The first-order valence-corrected chi connectivity index (χ1v) is 2.03. The Hall–Kier alpha value is -1.25. The van der Waals surface area contributed by atoms with Crippen LogP contribution in [0.15, 0.2) is 25.2 Å². The summed E-state index contributed by atoms with van der Waals surface area (Å²) in [5.74, 6) is 0.176. The molecule has 0 aliphatic carbocycles. The number of rotatable bonds is 3. The van der Waals surface area contributed by atoms with Gasteiger partial charge in [-0.05, 0) is 0 Å². The number of amides is 1. The maximum Gasteiger partial charge on any atom is 0.219 e. The van der Waals surface area contributed by atoms with Crippen LogP contribution in [0.25, 0.3) is 0 Å². The van der Waals surface area contributed by atoms with Crippen molar-refractivity contribution in [3.63, 3.8) is 0 Å². The second kappa shape index (κ2) is 2.85. The molecule has 0 aliphatic rings. The summed E-state index contributed by atoms with van der Waals surface area (Å²) in [6.07, 6.45) is 1.82. The van der Waals surface area contributed by atoms with Crippen LogP contribution >= 0.6 is 0 Å². The molecule has 0 saturated heterocycles. The predicted molar refractivity (Wildman–Crippen MR) is 31.4 cm³/mol. The Labute approximate surface area is 48.1 Å². The van der Waals surface area contributed by atoms with Crippen molar-refractivity contribution < 1.29 is 4.79 Å². The van der Waals surface area contributed by atoms with Crippen molar-refractivity contribution in [2.75, 3.05) is 0 Å². The van der Waals surface area contributed by atoms with Crippen molar-refractivity contribution in [2.24, 2.45) is 5.73 Å². The first kappa shape index (κ1) is 6.75. The van der Waals surface area contributed by atoms with Crippen LogP contribution in [0.5, 0.6) is 0 Å². The van der Waals surface area contributed by atoms with Gasteiger partial charge < -0.3 is 5.73 Å². The van der Waals surface area contributed by atoms with E-state index >= 15 is 0 Å². The molecule has 3 heteroatoms. The van der Waals surface area contributed by atoms with Gasteiger partial charge in [-0.2, -0.15) is 0 Å². The van der Waals surface area contributed by atoms with Crippen LogP contribution in [-0.4, -0.2) is 11.3 Å². The molecule has 0 heterocycles. The fourth-order valence-electron chi connectivity index (χ4n) is 0.228. The zero-order chi connectivity index (χ0) is 6.57. The van der Waals surface area contributed by atoms with Gasteiger partial charge in [-0.3, -0.25) is 9.69 Å². The molecular weight excluding hydrogens is 104 g/mol. The zero-order valence-electron chi connectivity index (χ0n) is 4.50. The minimum Gasteiger partial charge on any atom is -0.385 e. The highest BCUT2D eigenvalue weighted by atomic mass is 16.1. The van der Waals surface area contributed by atoms with Gasteiger partial charge in [-0.1, -0.05) is 13.2 Å². The summed E-state index contributed by atoms with van der Waals surface area (Å²) >= 11 is 0. The van der Waals surface area contributed by atoms with E-state index in [0.717, 1.165) is 4.90 Å². The molecule has 3 nitrogen and oxygen atoms in total. The SMILES string of the molecule is C=CN(C=O)C(=C)N. The molecular formula is C5H8N2O. The molecule has 0 aromatic carbocycles. The van der Waals surface area contributed by atoms with Crippen molar-refractivity contribution in [1.82, 2.24) is 4.90 Å². The van der Waals surface area contributed by atoms with Gasteiger partial charge in [0.15, 0.2) is 0 Å². The maximum absolute atomic E-state index is 9.89. The number of nitrogens with zero attached hydrogens (tertiary/aromatic N) is 1. The predicted octanol–water partition coefficient (Wildman–Crippen LogP) is 0.0182. The molecule has 0 bridgehead atoms. The third kappa shape index (κ3) is 1.47. The summed E-state index contributed by atoms with van der Waals surface area (Å²) in [5, 5.41) is 0. The van der Waals surface area contributed by atoms with E-state index < -0.39 is 0 Å². The number of nitrogens with two attached hydrogens (primary N) is 1. The first-order chi connectivity index (χ1) is 3.72. The van der Waals surface area contributed by atoms with Gasteiger partial charge in [0.05, 0.1) is 0 Å². The molecule has 0 rings (SSSR count). The van der Waals surface area contributed by atoms with E-state index in [1.54, 1.807) is 0 Å². The van der Waals surface area contributed by atoms with E-state index in [9.17, 15) is 4.79 Å². The third-order valence-corrected chi connectivity index (χ3v) is 0.642. The standard InChI is InChI=1S/C5H8N2O/c1-3-7(4-8)5(2)6/h3-4H,1-2,6H2. The number of hydrogen-bond acceptors (Lipinski definition) is 2. The van der Waals surface area contributed by atoms with E-state index in [0.29, 0.717) is 6.41 Å². The van der Waals surface area contributed by atoms with E-state index in [4.69, 9.17) is 5.73 Å². The highest BCUT2D eigenvalue weighted by Gasteiger charge is 1.91. The quantitative estimate of drug-likeness (QED) is 0.523. The summed E-state index contributed by atoms with van der Waals surface area (Å²) in [4.78, 5) is 11.0. The fraction of sp³-hybridized carbons (Fsp3) is 0. The molecule has 0 atom stereocenters. The second-order valence-electron chi connectivity index (χ2n) is 1.19. The average Bonchev–Trinajstić information content (AvgIpc) is 1.69. The topological polar surface area (TPSA) is 46.3 Å².